The second-order valence-electron chi connectivity index (χ2n) is 3.15. The van der Waals surface area contributed by atoms with Crippen LogP contribution in [0.5, 0.6) is 0 Å². The van der Waals surface area contributed by atoms with Crippen LogP contribution in [0.15, 0.2) is 0 Å². The zero-order valence-corrected chi connectivity index (χ0v) is 7.84. The summed E-state index contributed by atoms with van der Waals surface area (Å²) in [5, 5.41) is 10.6. The van der Waals surface area contributed by atoms with Gasteiger partial charge in [0.05, 0.1) is 6.54 Å². The summed E-state index contributed by atoms with van der Waals surface area (Å²) in [5.74, 6) is -1.12. The van der Waals surface area contributed by atoms with E-state index in [4.69, 9.17) is 0 Å². The van der Waals surface area contributed by atoms with Crippen LogP contribution < -0.4 is 10.8 Å². The highest BCUT2D eigenvalue weighted by Crippen LogP contribution is 2.13. The van der Waals surface area contributed by atoms with Crippen LogP contribution in [0.1, 0.15) is 39.0 Å². The summed E-state index contributed by atoms with van der Waals surface area (Å²) in [5.41, 5.74) is 3.71. The minimum absolute atomic E-state index is 0.235. The maximum absolute atomic E-state index is 10.6. The lowest BCUT2D eigenvalue weighted by molar-refractivity contribution is -0.368. The van der Waals surface area contributed by atoms with E-state index in [2.05, 4.69) is 5.73 Å². The maximum Gasteiger partial charge on any atom is 0.0739 e. The van der Waals surface area contributed by atoms with Crippen molar-refractivity contribution >= 4 is 5.97 Å². The number of carbonyl (C=O) groups is 1. The molecule has 0 unspecified atom stereocenters. The number of quaternary nitrogens is 1. The fourth-order valence-corrected chi connectivity index (χ4v) is 1.30. The van der Waals surface area contributed by atoms with Gasteiger partial charge in [0.2, 0.25) is 0 Å². The van der Waals surface area contributed by atoms with E-state index in [1.54, 1.807) is 0 Å². The Morgan fingerprint density at radius 3 is 2.50 bits per heavy atom. The fourth-order valence-electron chi connectivity index (χ4n) is 1.30. The number of unbranched alkanes of at least 4 members (excludes halogenated alkanes) is 1. The molecular formula is C9H19NO2. The number of hydrogen-bond donors (Lipinski definition) is 1. The predicted octanol–water partition coefficient (Wildman–Crippen LogP) is -0.435. The third-order valence-electron chi connectivity index (χ3n) is 2.02. The predicted molar refractivity (Wildman–Crippen MR) is 45.0 cm³/mol. The molecule has 3 N–H and O–H groups in total. The molecule has 0 amide bonds. The molecule has 72 valence electrons. The second kappa shape index (κ2) is 7.10. The van der Waals surface area contributed by atoms with Crippen LogP contribution in [-0.2, 0) is 4.79 Å². The van der Waals surface area contributed by atoms with Gasteiger partial charge in [-0.15, -0.1) is 0 Å². The molecule has 1 atom stereocenters. The lowest BCUT2D eigenvalue weighted by Gasteiger charge is -2.16. The summed E-state index contributed by atoms with van der Waals surface area (Å²) in [4.78, 5) is 10.6. The van der Waals surface area contributed by atoms with E-state index in [-0.39, 0.29) is 5.92 Å². The van der Waals surface area contributed by atoms with Crippen molar-refractivity contribution in [1.29, 1.82) is 0 Å². The number of carboxylic acids is 1. The molecule has 0 fully saturated rings. The SMILES string of the molecule is CCC[C@H](CCCC[NH3+])C(=O)[O-]. The van der Waals surface area contributed by atoms with Crippen molar-refractivity contribution in [1.82, 2.24) is 0 Å². The Labute approximate surface area is 74.0 Å². The molecule has 0 aromatic carbocycles. The van der Waals surface area contributed by atoms with Gasteiger partial charge in [0.25, 0.3) is 0 Å². The first-order valence-corrected chi connectivity index (χ1v) is 4.72. The smallest absolute Gasteiger partial charge is 0.0739 e. The normalized spacial score (nSPS) is 12.8. The average Bonchev–Trinajstić information content (AvgIpc) is 2.03. The third-order valence-corrected chi connectivity index (χ3v) is 2.02. The molecule has 12 heavy (non-hydrogen) atoms. The topological polar surface area (TPSA) is 67.8 Å². The summed E-state index contributed by atoms with van der Waals surface area (Å²) in [7, 11) is 0. The van der Waals surface area contributed by atoms with Crippen molar-refractivity contribution in [3.63, 3.8) is 0 Å². The molecule has 0 bridgehead atoms. The highest BCUT2D eigenvalue weighted by molar-refractivity contribution is 5.67. The number of aliphatic carboxylic acids is 1. The second-order valence-corrected chi connectivity index (χ2v) is 3.15. The summed E-state index contributed by atoms with van der Waals surface area (Å²) >= 11 is 0. The Balaban J connectivity index is 3.56. The van der Waals surface area contributed by atoms with Crippen LogP contribution >= 0.6 is 0 Å². The summed E-state index contributed by atoms with van der Waals surface area (Å²) < 4.78 is 0. The lowest BCUT2D eigenvalue weighted by Crippen LogP contribution is -2.50. The fraction of sp³-hybridized carbons (Fsp3) is 0.889. The molecular weight excluding hydrogens is 154 g/mol. The Kier molecular flexibility index (Phi) is 6.76. The molecule has 3 nitrogen and oxygen atoms in total. The summed E-state index contributed by atoms with van der Waals surface area (Å²) in [6.45, 7) is 2.89. The van der Waals surface area contributed by atoms with Crippen LogP contribution in [0.2, 0.25) is 0 Å². The highest BCUT2D eigenvalue weighted by Gasteiger charge is 2.07. The summed E-state index contributed by atoms with van der Waals surface area (Å²) in [6.07, 6.45) is 4.41. The van der Waals surface area contributed by atoms with Gasteiger partial charge < -0.3 is 15.6 Å². The Hall–Kier alpha value is -0.570. The van der Waals surface area contributed by atoms with Gasteiger partial charge in [-0.05, 0) is 31.6 Å². The number of hydrogen-bond acceptors (Lipinski definition) is 2. The molecule has 0 saturated carbocycles. The van der Waals surface area contributed by atoms with Crippen molar-refractivity contribution in [2.24, 2.45) is 5.92 Å². The average molecular weight is 173 g/mol. The minimum atomic E-state index is -0.888. The third kappa shape index (κ3) is 5.13. The van der Waals surface area contributed by atoms with Gasteiger partial charge in [0.15, 0.2) is 0 Å². The van der Waals surface area contributed by atoms with E-state index in [0.717, 1.165) is 38.6 Å². The van der Waals surface area contributed by atoms with E-state index >= 15 is 0 Å². The van der Waals surface area contributed by atoms with Crippen LogP contribution in [-0.4, -0.2) is 12.5 Å². The zero-order chi connectivity index (χ0) is 9.40. The molecule has 0 aromatic heterocycles. The van der Waals surface area contributed by atoms with Gasteiger partial charge in [0.1, 0.15) is 0 Å². The molecule has 0 spiro atoms. The first kappa shape index (κ1) is 11.4. The summed E-state index contributed by atoms with van der Waals surface area (Å²) in [6, 6.07) is 0. The van der Waals surface area contributed by atoms with Gasteiger partial charge >= 0.3 is 0 Å². The largest absolute Gasteiger partial charge is 0.550 e. The maximum atomic E-state index is 10.6. The van der Waals surface area contributed by atoms with Gasteiger partial charge in [-0.1, -0.05) is 13.3 Å². The Morgan fingerprint density at radius 2 is 2.08 bits per heavy atom. The van der Waals surface area contributed by atoms with Crippen LogP contribution in [0.25, 0.3) is 0 Å². The number of carboxylic acid groups (broad SMARTS) is 1. The minimum Gasteiger partial charge on any atom is -0.550 e. The Morgan fingerprint density at radius 1 is 1.42 bits per heavy atom. The van der Waals surface area contributed by atoms with Gasteiger partial charge in [0, 0.05) is 5.97 Å². The lowest BCUT2D eigenvalue weighted by atomic mass is 9.97. The van der Waals surface area contributed by atoms with E-state index in [9.17, 15) is 9.90 Å². The first-order valence-electron chi connectivity index (χ1n) is 4.72. The van der Waals surface area contributed by atoms with E-state index < -0.39 is 5.97 Å². The molecule has 0 heterocycles. The zero-order valence-electron chi connectivity index (χ0n) is 7.84. The molecule has 0 radical (unpaired) electrons. The van der Waals surface area contributed by atoms with Crippen molar-refractivity contribution in [2.75, 3.05) is 6.54 Å². The van der Waals surface area contributed by atoms with Crippen LogP contribution in [0.3, 0.4) is 0 Å². The van der Waals surface area contributed by atoms with E-state index in [1.807, 2.05) is 6.92 Å². The molecule has 0 aliphatic heterocycles. The Bertz CT molecular complexity index is 126. The van der Waals surface area contributed by atoms with Crippen molar-refractivity contribution in [3.8, 4) is 0 Å². The van der Waals surface area contributed by atoms with Crippen molar-refractivity contribution < 1.29 is 15.6 Å². The number of carbonyl (C=O) groups excluding carboxylic acids is 1. The van der Waals surface area contributed by atoms with Gasteiger partial charge in [-0.2, -0.15) is 0 Å². The molecule has 0 aromatic rings. The van der Waals surface area contributed by atoms with Crippen molar-refractivity contribution in [2.45, 2.75) is 39.0 Å². The van der Waals surface area contributed by atoms with Gasteiger partial charge in [-0.3, -0.25) is 0 Å². The molecule has 0 rings (SSSR count). The standard InChI is InChI=1S/C9H19NO2/c1-2-5-8(9(11)12)6-3-4-7-10/h8H,2-7,10H2,1H3,(H,11,12)/t8-/m1/s1. The first-order chi connectivity index (χ1) is 5.72. The molecule has 0 saturated heterocycles. The quantitative estimate of drug-likeness (QED) is 0.530. The monoisotopic (exact) mass is 173 g/mol. The van der Waals surface area contributed by atoms with E-state index in [1.165, 1.54) is 0 Å². The van der Waals surface area contributed by atoms with Gasteiger partial charge in [-0.25, -0.2) is 0 Å². The molecule has 3 heteroatoms. The van der Waals surface area contributed by atoms with Crippen LogP contribution in [0, 0.1) is 5.92 Å². The van der Waals surface area contributed by atoms with E-state index in [0.29, 0.717) is 0 Å². The molecule has 0 aliphatic carbocycles. The van der Waals surface area contributed by atoms with Crippen LogP contribution in [0.4, 0.5) is 0 Å². The molecule has 0 aliphatic rings. The highest BCUT2D eigenvalue weighted by atomic mass is 16.4. The number of rotatable bonds is 7. The van der Waals surface area contributed by atoms with Crippen molar-refractivity contribution in [3.05, 3.63) is 0 Å².